The molecule has 4 N–H and O–H groups in total. The zero-order valence-electron chi connectivity index (χ0n) is 12.6. The molecule has 0 saturated carbocycles. The lowest BCUT2D eigenvalue weighted by Crippen LogP contribution is -2.25. The maximum absolute atomic E-state index is 12.2. The summed E-state index contributed by atoms with van der Waals surface area (Å²) in [6.07, 6.45) is 0.0176. The molecule has 1 aliphatic rings. The maximum atomic E-state index is 12.2. The van der Waals surface area contributed by atoms with Crippen molar-refractivity contribution in [1.29, 1.82) is 0 Å². The highest BCUT2D eigenvalue weighted by molar-refractivity contribution is 5.96. The molecule has 0 spiro atoms. The molecule has 0 aliphatic carbocycles. The number of hydrogen-bond donors (Lipinski definition) is 4. The summed E-state index contributed by atoms with van der Waals surface area (Å²) in [5, 5.41) is 14.8. The summed E-state index contributed by atoms with van der Waals surface area (Å²) in [5.74, 6) is -0.122. The minimum atomic E-state index is -0.511. The SMILES string of the molecule is O=C(Cc1ccc2c(c1)NC(=O)CO2)Nc1nc2n[nH]nc2c(=O)[nH]1. The molecule has 0 atom stereocenters. The number of ether oxygens (including phenoxy) is 1. The number of aromatic amines is 2. The topological polar surface area (TPSA) is 155 Å². The van der Waals surface area contributed by atoms with Gasteiger partial charge in [0.05, 0.1) is 12.1 Å². The molecule has 0 saturated heterocycles. The number of fused-ring (bicyclic) bond motifs is 2. The van der Waals surface area contributed by atoms with Gasteiger partial charge in [0.15, 0.2) is 12.1 Å². The first-order valence-corrected chi connectivity index (χ1v) is 7.25. The minimum Gasteiger partial charge on any atom is -0.482 e. The summed E-state index contributed by atoms with van der Waals surface area (Å²) in [7, 11) is 0. The van der Waals surface area contributed by atoms with Gasteiger partial charge in [0, 0.05) is 0 Å². The smallest absolute Gasteiger partial charge is 0.282 e. The first-order chi connectivity index (χ1) is 12.1. The van der Waals surface area contributed by atoms with E-state index in [1.54, 1.807) is 18.2 Å². The van der Waals surface area contributed by atoms with Gasteiger partial charge in [-0.15, -0.1) is 10.2 Å². The lowest BCUT2D eigenvalue weighted by Gasteiger charge is -2.18. The number of hydrogen-bond acceptors (Lipinski definition) is 7. The van der Waals surface area contributed by atoms with Crippen molar-refractivity contribution in [3.63, 3.8) is 0 Å². The molecule has 4 rings (SSSR count). The third-order valence-electron chi connectivity index (χ3n) is 3.49. The highest BCUT2D eigenvalue weighted by atomic mass is 16.5. The lowest BCUT2D eigenvalue weighted by atomic mass is 10.1. The van der Waals surface area contributed by atoms with Crippen molar-refractivity contribution in [3.8, 4) is 5.75 Å². The van der Waals surface area contributed by atoms with Crippen LogP contribution < -0.4 is 20.9 Å². The number of carbonyl (C=O) groups is 2. The van der Waals surface area contributed by atoms with Crippen LogP contribution in [0.4, 0.5) is 11.6 Å². The molecule has 11 nitrogen and oxygen atoms in total. The number of H-pyrrole nitrogens is 2. The Bertz CT molecular complexity index is 1050. The van der Waals surface area contributed by atoms with Crippen LogP contribution in [0.3, 0.4) is 0 Å². The Morgan fingerprint density at radius 3 is 3.04 bits per heavy atom. The second-order valence-electron chi connectivity index (χ2n) is 5.30. The highest BCUT2D eigenvalue weighted by Gasteiger charge is 2.17. The number of carbonyl (C=O) groups excluding carboxylic acids is 2. The Balaban J connectivity index is 1.51. The van der Waals surface area contributed by atoms with Gasteiger partial charge in [-0.25, -0.2) is 0 Å². The van der Waals surface area contributed by atoms with Crippen LogP contribution in [-0.4, -0.2) is 43.8 Å². The summed E-state index contributed by atoms with van der Waals surface area (Å²) < 4.78 is 5.26. The number of nitrogens with one attached hydrogen (secondary N) is 4. The Labute approximate surface area is 138 Å². The molecule has 25 heavy (non-hydrogen) atoms. The van der Waals surface area contributed by atoms with Crippen LogP contribution >= 0.6 is 0 Å². The largest absolute Gasteiger partial charge is 0.482 e. The molecular weight excluding hydrogens is 330 g/mol. The fraction of sp³-hybridized carbons (Fsp3) is 0.143. The zero-order chi connectivity index (χ0) is 17.4. The lowest BCUT2D eigenvalue weighted by molar-refractivity contribution is -0.118. The van der Waals surface area contributed by atoms with Gasteiger partial charge in [0.2, 0.25) is 17.5 Å². The number of rotatable bonds is 3. The molecule has 3 heterocycles. The fourth-order valence-corrected chi connectivity index (χ4v) is 2.42. The molecular formula is C14H11N7O4. The standard InChI is InChI=1S/C14H11N7O4/c22-9(16-14-17-12-11(13(24)18-14)19-21-20-12)4-6-1-2-8-7(3-6)15-10(23)5-25-8/h1-3H,4-5H2,(H,15,23)(H3,16,17,18,19,20,21,22,24). The van der Waals surface area contributed by atoms with E-state index >= 15 is 0 Å². The number of anilines is 2. The molecule has 1 aromatic carbocycles. The summed E-state index contributed by atoms with van der Waals surface area (Å²) >= 11 is 0. The molecule has 11 heteroatoms. The number of amides is 2. The number of aromatic nitrogens is 5. The van der Waals surface area contributed by atoms with Gasteiger partial charge in [-0.05, 0) is 17.7 Å². The summed E-state index contributed by atoms with van der Waals surface area (Å²) in [6, 6.07) is 5.05. The third-order valence-corrected chi connectivity index (χ3v) is 3.49. The molecule has 1 aliphatic heterocycles. The van der Waals surface area contributed by atoms with E-state index in [0.29, 0.717) is 17.0 Å². The van der Waals surface area contributed by atoms with Crippen molar-refractivity contribution in [3.05, 3.63) is 34.1 Å². The molecule has 0 unspecified atom stereocenters. The van der Waals surface area contributed by atoms with Gasteiger partial charge in [0.1, 0.15) is 5.75 Å². The second-order valence-corrected chi connectivity index (χ2v) is 5.30. The van der Waals surface area contributed by atoms with E-state index in [4.69, 9.17) is 4.74 Å². The predicted molar refractivity (Wildman–Crippen MR) is 85.2 cm³/mol. The average molecular weight is 341 g/mol. The normalized spacial score (nSPS) is 13.0. The first kappa shape index (κ1) is 14.8. The van der Waals surface area contributed by atoms with Gasteiger partial charge in [-0.2, -0.15) is 10.2 Å². The average Bonchev–Trinajstić information content (AvgIpc) is 3.03. The molecule has 2 aromatic heterocycles. The van der Waals surface area contributed by atoms with E-state index in [0.717, 1.165) is 0 Å². The van der Waals surface area contributed by atoms with Crippen molar-refractivity contribution < 1.29 is 14.3 Å². The Hall–Kier alpha value is -3.76. The molecule has 3 aromatic rings. The van der Waals surface area contributed by atoms with E-state index < -0.39 is 11.5 Å². The monoisotopic (exact) mass is 341 g/mol. The zero-order valence-corrected chi connectivity index (χ0v) is 12.6. The van der Waals surface area contributed by atoms with Crippen LogP contribution in [0.15, 0.2) is 23.0 Å². The van der Waals surface area contributed by atoms with Crippen LogP contribution in [0.25, 0.3) is 11.2 Å². The van der Waals surface area contributed by atoms with Crippen molar-refractivity contribution in [2.24, 2.45) is 0 Å². The molecule has 0 fully saturated rings. The van der Waals surface area contributed by atoms with Gasteiger partial charge in [-0.3, -0.25) is 24.7 Å². The number of benzene rings is 1. The first-order valence-electron chi connectivity index (χ1n) is 7.25. The summed E-state index contributed by atoms with van der Waals surface area (Å²) in [5.41, 5.74) is 0.822. The maximum Gasteiger partial charge on any atom is 0.282 e. The van der Waals surface area contributed by atoms with Crippen LogP contribution in [0.2, 0.25) is 0 Å². The van der Waals surface area contributed by atoms with E-state index in [2.05, 4.69) is 36.0 Å². The molecule has 0 radical (unpaired) electrons. The van der Waals surface area contributed by atoms with E-state index in [1.807, 2.05) is 0 Å². The van der Waals surface area contributed by atoms with Crippen molar-refractivity contribution in [1.82, 2.24) is 25.4 Å². The van der Waals surface area contributed by atoms with E-state index in [1.165, 1.54) is 0 Å². The summed E-state index contributed by atoms with van der Waals surface area (Å²) in [4.78, 5) is 41.7. The van der Waals surface area contributed by atoms with Crippen molar-refractivity contribution in [2.75, 3.05) is 17.2 Å². The van der Waals surface area contributed by atoms with Crippen LogP contribution in [-0.2, 0) is 16.0 Å². The molecule has 2 amide bonds. The number of nitrogens with zero attached hydrogens (tertiary/aromatic N) is 3. The Kier molecular flexibility index (Phi) is 3.38. The van der Waals surface area contributed by atoms with Gasteiger partial charge in [-0.1, -0.05) is 6.07 Å². The van der Waals surface area contributed by atoms with Crippen molar-refractivity contribution >= 4 is 34.6 Å². The highest BCUT2D eigenvalue weighted by Crippen LogP contribution is 2.28. The molecule has 0 bridgehead atoms. The summed E-state index contributed by atoms with van der Waals surface area (Å²) in [6.45, 7) is -0.0314. The Morgan fingerprint density at radius 1 is 1.28 bits per heavy atom. The van der Waals surface area contributed by atoms with Crippen LogP contribution in [0.1, 0.15) is 5.56 Å². The van der Waals surface area contributed by atoms with Gasteiger partial charge in [0.25, 0.3) is 11.5 Å². The predicted octanol–water partition coefficient (Wildman–Crippen LogP) is -0.447. The van der Waals surface area contributed by atoms with Gasteiger partial charge < -0.3 is 10.1 Å². The minimum absolute atomic E-state index is 0.0176. The van der Waals surface area contributed by atoms with Crippen molar-refractivity contribution in [2.45, 2.75) is 6.42 Å². The van der Waals surface area contributed by atoms with Crippen LogP contribution in [0, 0.1) is 0 Å². The van der Waals surface area contributed by atoms with Crippen LogP contribution in [0.5, 0.6) is 5.75 Å². The van der Waals surface area contributed by atoms with E-state index in [-0.39, 0.29) is 36.0 Å². The quantitative estimate of drug-likeness (QED) is 0.503. The molecule has 126 valence electrons. The Morgan fingerprint density at radius 2 is 2.16 bits per heavy atom. The van der Waals surface area contributed by atoms with Gasteiger partial charge >= 0.3 is 0 Å². The second kappa shape index (κ2) is 5.70. The van der Waals surface area contributed by atoms with E-state index in [9.17, 15) is 14.4 Å². The third kappa shape index (κ3) is 2.89. The fourth-order valence-electron chi connectivity index (χ4n) is 2.42.